The topological polar surface area (TPSA) is 33.0 Å². The molecule has 16 heavy (non-hydrogen) atoms. The van der Waals surface area contributed by atoms with E-state index in [0.717, 1.165) is 10.2 Å². The molecule has 0 saturated carbocycles. The zero-order valence-electron chi connectivity index (χ0n) is 8.35. The molecule has 78 valence electrons. The van der Waals surface area contributed by atoms with Gasteiger partial charge in [0.15, 0.2) is 0 Å². The lowest BCUT2D eigenvalue weighted by molar-refractivity contribution is 0.479. The van der Waals surface area contributed by atoms with Gasteiger partial charge in [0.25, 0.3) is 0 Å². The van der Waals surface area contributed by atoms with Crippen LogP contribution in [0.25, 0.3) is 0 Å². The van der Waals surface area contributed by atoms with Crippen LogP contribution >= 0.6 is 15.9 Å². The maximum Gasteiger partial charge on any atom is 0.141 e. The molecule has 2 rings (SSSR count). The predicted molar refractivity (Wildman–Crippen MR) is 65.4 cm³/mol. The van der Waals surface area contributed by atoms with E-state index in [9.17, 15) is 0 Å². The van der Waals surface area contributed by atoms with Crippen molar-refractivity contribution >= 4 is 15.9 Å². The molecule has 3 heteroatoms. The molecule has 0 aliphatic rings. The molecule has 0 N–H and O–H groups in total. The molecular formula is C13H8BrNO. The second-order valence-electron chi connectivity index (χ2n) is 3.17. The molecule has 2 nitrogen and oxygen atoms in total. The summed E-state index contributed by atoms with van der Waals surface area (Å²) in [5, 5.41) is 8.73. The van der Waals surface area contributed by atoms with E-state index >= 15 is 0 Å². The highest BCUT2D eigenvalue weighted by molar-refractivity contribution is 9.10. The first kappa shape index (κ1) is 10.7. The lowest BCUT2D eigenvalue weighted by Gasteiger charge is -2.07. The third-order valence-corrected chi connectivity index (χ3v) is 2.65. The summed E-state index contributed by atoms with van der Waals surface area (Å²) in [6, 6.07) is 16.8. The van der Waals surface area contributed by atoms with Crippen molar-refractivity contribution in [3.8, 4) is 17.6 Å². The predicted octanol–water partition coefficient (Wildman–Crippen LogP) is 4.11. The van der Waals surface area contributed by atoms with Crippen molar-refractivity contribution in [1.82, 2.24) is 0 Å². The van der Waals surface area contributed by atoms with Crippen LogP contribution in [0.15, 0.2) is 53.0 Å². The zero-order chi connectivity index (χ0) is 11.4. The standard InChI is InChI=1S/C13H8BrNO/c14-12-8-10(9-15)6-7-13(12)16-11-4-2-1-3-5-11/h1-8H. The van der Waals surface area contributed by atoms with Crippen molar-refractivity contribution < 1.29 is 4.74 Å². The Balaban J connectivity index is 2.27. The van der Waals surface area contributed by atoms with Crippen molar-refractivity contribution in [2.24, 2.45) is 0 Å². The van der Waals surface area contributed by atoms with Crippen molar-refractivity contribution in [1.29, 1.82) is 5.26 Å². The van der Waals surface area contributed by atoms with Crippen molar-refractivity contribution in [3.05, 3.63) is 58.6 Å². The Labute approximate surface area is 102 Å². The number of hydrogen-bond donors (Lipinski definition) is 0. The number of hydrogen-bond acceptors (Lipinski definition) is 2. The molecule has 0 aliphatic heterocycles. The number of halogens is 1. The van der Waals surface area contributed by atoms with Crippen molar-refractivity contribution in [2.45, 2.75) is 0 Å². The van der Waals surface area contributed by atoms with Gasteiger partial charge in [0.1, 0.15) is 11.5 Å². The molecule has 0 fully saturated rings. The third kappa shape index (κ3) is 2.41. The number of nitriles is 1. The smallest absolute Gasteiger partial charge is 0.141 e. The van der Waals surface area contributed by atoms with Gasteiger partial charge in [-0.1, -0.05) is 18.2 Å². The van der Waals surface area contributed by atoms with Gasteiger partial charge in [0.05, 0.1) is 16.1 Å². The SMILES string of the molecule is N#Cc1ccc(Oc2ccccc2)c(Br)c1. The summed E-state index contributed by atoms with van der Waals surface area (Å²) < 4.78 is 6.43. The molecule has 0 spiro atoms. The second-order valence-corrected chi connectivity index (χ2v) is 4.03. The fourth-order valence-corrected chi connectivity index (χ4v) is 1.73. The number of nitrogens with zero attached hydrogens (tertiary/aromatic N) is 1. The fraction of sp³-hybridized carbons (Fsp3) is 0. The van der Waals surface area contributed by atoms with Crippen LogP contribution in [0.1, 0.15) is 5.56 Å². The summed E-state index contributed by atoms with van der Waals surface area (Å²) in [5.41, 5.74) is 0.604. The summed E-state index contributed by atoms with van der Waals surface area (Å²) in [4.78, 5) is 0. The maximum absolute atomic E-state index is 8.73. The number of benzene rings is 2. The average Bonchev–Trinajstić information content (AvgIpc) is 2.33. The van der Waals surface area contributed by atoms with E-state index in [2.05, 4.69) is 22.0 Å². The normalized spacial score (nSPS) is 9.50. The maximum atomic E-state index is 8.73. The zero-order valence-corrected chi connectivity index (χ0v) is 9.94. The van der Waals surface area contributed by atoms with Gasteiger partial charge in [-0.25, -0.2) is 0 Å². The quantitative estimate of drug-likeness (QED) is 0.825. The van der Waals surface area contributed by atoms with Crippen LogP contribution in [0.2, 0.25) is 0 Å². The van der Waals surface area contributed by atoms with E-state index in [1.807, 2.05) is 30.3 Å². The Morgan fingerprint density at radius 2 is 1.81 bits per heavy atom. The van der Waals surface area contributed by atoms with Gasteiger partial charge in [0, 0.05) is 0 Å². The fourth-order valence-electron chi connectivity index (χ4n) is 1.27. The Morgan fingerprint density at radius 3 is 2.44 bits per heavy atom. The molecule has 0 unspecified atom stereocenters. The molecule has 0 atom stereocenters. The molecule has 2 aromatic rings. The highest BCUT2D eigenvalue weighted by atomic mass is 79.9. The Bertz CT molecular complexity index is 531. The van der Waals surface area contributed by atoms with Crippen LogP contribution in [0, 0.1) is 11.3 Å². The van der Waals surface area contributed by atoms with Gasteiger partial charge >= 0.3 is 0 Å². The minimum atomic E-state index is 0.604. The average molecular weight is 274 g/mol. The van der Waals surface area contributed by atoms with Gasteiger partial charge in [0.2, 0.25) is 0 Å². The lowest BCUT2D eigenvalue weighted by atomic mass is 10.2. The van der Waals surface area contributed by atoms with E-state index in [4.69, 9.17) is 10.00 Å². The molecule has 0 bridgehead atoms. The second kappa shape index (κ2) is 4.82. The first-order chi connectivity index (χ1) is 7.79. The summed E-state index contributed by atoms with van der Waals surface area (Å²) in [6.45, 7) is 0. The minimum Gasteiger partial charge on any atom is -0.456 e. The van der Waals surface area contributed by atoms with Crippen molar-refractivity contribution in [3.63, 3.8) is 0 Å². The molecule has 0 aliphatic carbocycles. The highest BCUT2D eigenvalue weighted by Gasteiger charge is 2.03. The molecule has 0 saturated heterocycles. The lowest BCUT2D eigenvalue weighted by Crippen LogP contribution is -1.85. The van der Waals surface area contributed by atoms with Gasteiger partial charge in [-0.2, -0.15) is 5.26 Å². The minimum absolute atomic E-state index is 0.604. The Morgan fingerprint density at radius 1 is 1.06 bits per heavy atom. The summed E-state index contributed by atoms with van der Waals surface area (Å²) in [5.74, 6) is 1.47. The molecular weight excluding hydrogens is 266 g/mol. The Hall–Kier alpha value is -1.79. The Kier molecular flexibility index (Phi) is 3.23. The molecule has 0 amide bonds. The molecule has 0 aromatic heterocycles. The van der Waals surface area contributed by atoms with E-state index in [1.54, 1.807) is 18.2 Å². The van der Waals surface area contributed by atoms with Gasteiger partial charge in [-0.05, 0) is 46.3 Å². The molecule has 2 aromatic carbocycles. The number of ether oxygens (including phenoxy) is 1. The molecule has 0 radical (unpaired) electrons. The van der Waals surface area contributed by atoms with Crippen LogP contribution in [-0.2, 0) is 0 Å². The molecule has 0 heterocycles. The monoisotopic (exact) mass is 273 g/mol. The summed E-state index contributed by atoms with van der Waals surface area (Å²) in [6.07, 6.45) is 0. The van der Waals surface area contributed by atoms with E-state index in [1.165, 1.54) is 0 Å². The van der Waals surface area contributed by atoms with Gasteiger partial charge in [-0.3, -0.25) is 0 Å². The van der Waals surface area contributed by atoms with Crippen LogP contribution in [-0.4, -0.2) is 0 Å². The van der Waals surface area contributed by atoms with Crippen molar-refractivity contribution in [2.75, 3.05) is 0 Å². The van der Waals surface area contributed by atoms with Gasteiger partial charge < -0.3 is 4.74 Å². The van der Waals surface area contributed by atoms with Gasteiger partial charge in [-0.15, -0.1) is 0 Å². The first-order valence-corrected chi connectivity index (χ1v) is 5.51. The van der Waals surface area contributed by atoms with E-state index < -0.39 is 0 Å². The van der Waals surface area contributed by atoms with Crippen LogP contribution in [0.4, 0.5) is 0 Å². The number of rotatable bonds is 2. The van der Waals surface area contributed by atoms with Crippen LogP contribution < -0.4 is 4.74 Å². The van der Waals surface area contributed by atoms with Crippen LogP contribution in [0.3, 0.4) is 0 Å². The highest BCUT2D eigenvalue weighted by Crippen LogP contribution is 2.30. The number of para-hydroxylation sites is 1. The van der Waals surface area contributed by atoms with E-state index in [0.29, 0.717) is 11.3 Å². The van der Waals surface area contributed by atoms with E-state index in [-0.39, 0.29) is 0 Å². The summed E-state index contributed by atoms with van der Waals surface area (Å²) in [7, 11) is 0. The van der Waals surface area contributed by atoms with Crippen LogP contribution in [0.5, 0.6) is 11.5 Å². The first-order valence-electron chi connectivity index (χ1n) is 4.72. The largest absolute Gasteiger partial charge is 0.456 e. The third-order valence-electron chi connectivity index (χ3n) is 2.03. The summed E-state index contributed by atoms with van der Waals surface area (Å²) >= 11 is 3.37.